The van der Waals surface area contributed by atoms with E-state index < -0.39 is 5.97 Å². The van der Waals surface area contributed by atoms with Gasteiger partial charge in [-0.25, -0.2) is 4.79 Å². The van der Waals surface area contributed by atoms with E-state index in [0.29, 0.717) is 29.9 Å². The normalized spacial score (nSPS) is 10.5. The Balaban J connectivity index is 1.77. The molecule has 0 radical (unpaired) electrons. The van der Waals surface area contributed by atoms with Crippen molar-refractivity contribution < 1.29 is 19.1 Å². The highest BCUT2D eigenvalue weighted by atomic mass is 16.5. The van der Waals surface area contributed by atoms with Gasteiger partial charge in [-0.15, -0.1) is 0 Å². The average Bonchev–Trinajstić information content (AvgIpc) is 2.73. The molecule has 4 nitrogen and oxygen atoms in total. The number of carbonyl (C=O) groups is 2. The van der Waals surface area contributed by atoms with E-state index in [2.05, 4.69) is 6.92 Å². The van der Waals surface area contributed by atoms with Gasteiger partial charge in [-0.05, 0) is 55.0 Å². The van der Waals surface area contributed by atoms with Crippen molar-refractivity contribution in [2.75, 3.05) is 6.61 Å². The van der Waals surface area contributed by atoms with E-state index in [1.165, 1.54) is 32.1 Å². The maximum absolute atomic E-state index is 12.3. The van der Waals surface area contributed by atoms with Gasteiger partial charge in [-0.2, -0.15) is 0 Å². The summed E-state index contributed by atoms with van der Waals surface area (Å²) in [6.45, 7) is 4.73. The van der Waals surface area contributed by atoms with Crippen LogP contribution < -0.4 is 9.47 Å². The highest BCUT2D eigenvalue weighted by Gasteiger charge is 2.10. The fraction of sp³-hybridized carbons (Fsp3) is 0.417. The third-order valence-electron chi connectivity index (χ3n) is 4.56. The van der Waals surface area contributed by atoms with Crippen LogP contribution in [0, 0.1) is 0 Å². The minimum absolute atomic E-state index is 0.0643. The summed E-state index contributed by atoms with van der Waals surface area (Å²) in [4.78, 5) is 23.9. The van der Waals surface area contributed by atoms with Crippen molar-refractivity contribution in [2.24, 2.45) is 0 Å². The molecule has 0 saturated heterocycles. The number of hydrogen-bond acceptors (Lipinski definition) is 4. The lowest BCUT2D eigenvalue weighted by Crippen LogP contribution is -2.08. The predicted molar refractivity (Wildman–Crippen MR) is 111 cm³/mol. The molecule has 0 N–H and O–H groups in total. The van der Waals surface area contributed by atoms with Crippen LogP contribution in [0.3, 0.4) is 0 Å². The zero-order valence-electron chi connectivity index (χ0n) is 16.9. The van der Waals surface area contributed by atoms with Crippen LogP contribution in [0.4, 0.5) is 0 Å². The molecule has 0 saturated carbocycles. The maximum atomic E-state index is 12.3. The second-order valence-corrected chi connectivity index (χ2v) is 6.83. The highest BCUT2D eigenvalue weighted by molar-refractivity contribution is 5.96. The van der Waals surface area contributed by atoms with Gasteiger partial charge in [0.1, 0.15) is 11.5 Å². The van der Waals surface area contributed by atoms with E-state index in [9.17, 15) is 9.59 Å². The highest BCUT2D eigenvalue weighted by Crippen LogP contribution is 2.18. The van der Waals surface area contributed by atoms with E-state index >= 15 is 0 Å². The summed E-state index contributed by atoms with van der Waals surface area (Å²) in [6.07, 6.45) is 7.80. The van der Waals surface area contributed by atoms with E-state index in [4.69, 9.17) is 9.47 Å². The Morgan fingerprint density at radius 1 is 0.714 bits per heavy atom. The number of Topliss-reactive ketones (excluding diaryl/α,β-unsaturated/α-hetero) is 1. The molecular formula is C24H30O4. The third kappa shape index (κ3) is 7.18. The van der Waals surface area contributed by atoms with Gasteiger partial charge in [-0.3, -0.25) is 4.79 Å². The van der Waals surface area contributed by atoms with E-state index in [0.717, 1.165) is 12.2 Å². The Labute approximate surface area is 167 Å². The minimum atomic E-state index is -0.433. The molecule has 2 aromatic carbocycles. The number of rotatable bonds is 12. The zero-order chi connectivity index (χ0) is 20.2. The molecule has 150 valence electrons. The molecule has 0 heterocycles. The molecule has 0 amide bonds. The van der Waals surface area contributed by atoms with Gasteiger partial charge < -0.3 is 9.47 Å². The third-order valence-corrected chi connectivity index (χ3v) is 4.56. The molecule has 2 aromatic rings. The number of ketones is 1. The molecule has 28 heavy (non-hydrogen) atoms. The van der Waals surface area contributed by atoms with Gasteiger partial charge in [-0.1, -0.05) is 46.0 Å². The average molecular weight is 383 g/mol. The van der Waals surface area contributed by atoms with Crippen molar-refractivity contribution in [2.45, 2.75) is 58.8 Å². The summed E-state index contributed by atoms with van der Waals surface area (Å²) in [7, 11) is 0. The first-order chi connectivity index (χ1) is 13.6. The number of carbonyl (C=O) groups excluding carboxylic acids is 2. The van der Waals surface area contributed by atoms with E-state index in [-0.39, 0.29) is 5.78 Å². The first-order valence-corrected chi connectivity index (χ1v) is 10.2. The van der Waals surface area contributed by atoms with Crippen LogP contribution >= 0.6 is 0 Å². The Morgan fingerprint density at radius 3 is 1.93 bits per heavy atom. The molecule has 0 aliphatic rings. The minimum Gasteiger partial charge on any atom is -0.494 e. The molecule has 2 rings (SSSR count). The topological polar surface area (TPSA) is 52.6 Å². The van der Waals surface area contributed by atoms with Gasteiger partial charge in [0, 0.05) is 12.0 Å². The Hall–Kier alpha value is -2.62. The van der Waals surface area contributed by atoms with Crippen molar-refractivity contribution in [3.05, 3.63) is 59.7 Å². The lowest BCUT2D eigenvalue weighted by Gasteiger charge is -2.08. The van der Waals surface area contributed by atoms with E-state index in [1.807, 2.05) is 6.92 Å². The Kier molecular flexibility index (Phi) is 9.26. The van der Waals surface area contributed by atoms with Crippen LogP contribution in [0.1, 0.15) is 79.5 Å². The second kappa shape index (κ2) is 12.0. The number of ether oxygens (including phenoxy) is 2. The molecule has 0 aliphatic heterocycles. The lowest BCUT2D eigenvalue weighted by atomic mass is 10.1. The summed E-state index contributed by atoms with van der Waals surface area (Å²) in [6, 6.07) is 13.6. The van der Waals surface area contributed by atoms with Crippen LogP contribution in [0.5, 0.6) is 11.5 Å². The zero-order valence-corrected chi connectivity index (χ0v) is 16.9. The number of hydrogen-bond donors (Lipinski definition) is 0. The van der Waals surface area contributed by atoms with Crippen LogP contribution in [0.15, 0.2) is 48.5 Å². The van der Waals surface area contributed by atoms with Crippen molar-refractivity contribution in [3.63, 3.8) is 0 Å². The van der Waals surface area contributed by atoms with Crippen molar-refractivity contribution in [3.8, 4) is 11.5 Å². The molecule has 0 aliphatic carbocycles. The fourth-order valence-corrected chi connectivity index (χ4v) is 2.84. The standard InChI is InChI=1S/C24H30O4/c1-3-5-6-7-8-9-18-27-21-14-12-20(13-15-21)24(26)28-22-16-10-19(11-17-22)23(25)4-2/h10-17H,3-9,18H2,1-2H3. The van der Waals surface area contributed by atoms with Crippen LogP contribution in [-0.4, -0.2) is 18.4 Å². The fourth-order valence-electron chi connectivity index (χ4n) is 2.84. The summed E-state index contributed by atoms with van der Waals surface area (Å²) < 4.78 is 11.1. The lowest BCUT2D eigenvalue weighted by molar-refractivity contribution is 0.0734. The second-order valence-electron chi connectivity index (χ2n) is 6.83. The Morgan fingerprint density at radius 2 is 1.29 bits per heavy atom. The molecule has 0 spiro atoms. The molecule has 0 atom stereocenters. The van der Waals surface area contributed by atoms with E-state index in [1.54, 1.807) is 48.5 Å². The van der Waals surface area contributed by atoms with Crippen molar-refractivity contribution >= 4 is 11.8 Å². The van der Waals surface area contributed by atoms with Crippen LogP contribution in [0.25, 0.3) is 0 Å². The molecule has 0 unspecified atom stereocenters. The van der Waals surface area contributed by atoms with Crippen molar-refractivity contribution in [1.29, 1.82) is 0 Å². The summed E-state index contributed by atoms with van der Waals surface area (Å²) in [5.41, 5.74) is 1.08. The van der Waals surface area contributed by atoms with Crippen molar-refractivity contribution in [1.82, 2.24) is 0 Å². The quantitative estimate of drug-likeness (QED) is 0.189. The predicted octanol–water partition coefficient (Wildman–Crippen LogP) is 6.24. The maximum Gasteiger partial charge on any atom is 0.343 e. The van der Waals surface area contributed by atoms with Gasteiger partial charge >= 0.3 is 5.97 Å². The molecule has 0 bridgehead atoms. The largest absolute Gasteiger partial charge is 0.494 e. The monoisotopic (exact) mass is 382 g/mol. The smallest absolute Gasteiger partial charge is 0.343 e. The SMILES string of the molecule is CCCCCCCCOc1ccc(C(=O)Oc2ccc(C(=O)CC)cc2)cc1. The first-order valence-electron chi connectivity index (χ1n) is 10.2. The summed E-state index contributed by atoms with van der Waals surface area (Å²) >= 11 is 0. The van der Waals surface area contributed by atoms with Gasteiger partial charge in [0.2, 0.25) is 0 Å². The van der Waals surface area contributed by atoms with Gasteiger partial charge in [0.05, 0.1) is 12.2 Å². The Bertz CT molecular complexity index is 732. The molecule has 0 aromatic heterocycles. The molecular weight excluding hydrogens is 352 g/mol. The van der Waals surface area contributed by atoms with Crippen LogP contribution in [0.2, 0.25) is 0 Å². The molecule has 4 heteroatoms. The number of benzene rings is 2. The number of unbranched alkanes of at least 4 members (excludes halogenated alkanes) is 5. The molecule has 0 fully saturated rings. The number of esters is 1. The first kappa shape index (κ1) is 21.7. The van der Waals surface area contributed by atoms with Gasteiger partial charge in [0.15, 0.2) is 5.78 Å². The summed E-state index contributed by atoms with van der Waals surface area (Å²) in [5.74, 6) is 0.806. The summed E-state index contributed by atoms with van der Waals surface area (Å²) in [5, 5.41) is 0. The van der Waals surface area contributed by atoms with Crippen LogP contribution in [-0.2, 0) is 0 Å². The van der Waals surface area contributed by atoms with Gasteiger partial charge in [0.25, 0.3) is 0 Å².